The fourth-order valence-electron chi connectivity index (χ4n) is 7.45. The highest BCUT2D eigenvalue weighted by Crippen LogP contribution is 2.46. The first-order valence-electron chi connectivity index (χ1n) is 16.5. The number of benzene rings is 2. The van der Waals surface area contributed by atoms with Crippen molar-refractivity contribution in [3.63, 3.8) is 0 Å². The number of anilines is 2. The predicted octanol–water partition coefficient (Wildman–Crippen LogP) is 6.20. The van der Waals surface area contributed by atoms with Gasteiger partial charge in [0, 0.05) is 59.8 Å². The summed E-state index contributed by atoms with van der Waals surface area (Å²) in [5.74, 6) is 2.54. The van der Waals surface area contributed by atoms with Crippen LogP contribution in [0.5, 0.6) is 6.01 Å². The summed E-state index contributed by atoms with van der Waals surface area (Å²) in [6.45, 7) is 11.8. The average Bonchev–Trinajstić information content (AvgIpc) is 3.71. The molecule has 8 heteroatoms. The molecule has 232 valence electrons. The summed E-state index contributed by atoms with van der Waals surface area (Å²) in [5.41, 5.74) is 7.57. The zero-order valence-corrected chi connectivity index (χ0v) is 27.1. The number of imidazole rings is 1. The minimum atomic E-state index is 0.222. The van der Waals surface area contributed by atoms with E-state index in [1.54, 1.807) is 0 Å². The van der Waals surface area contributed by atoms with Crippen LogP contribution in [-0.4, -0.2) is 71.7 Å². The number of hydrogen-bond donors (Lipinski definition) is 1. The summed E-state index contributed by atoms with van der Waals surface area (Å²) in [4.78, 5) is 26.0. The van der Waals surface area contributed by atoms with Crippen LogP contribution >= 0.6 is 0 Å². The summed E-state index contributed by atoms with van der Waals surface area (Å²) in [7, 11) is 4.29. The van der Waals surface area contributed by atoms with E-state index in [9.17, 15) is 0 Å². The Morgan fingerprint density at radius 3 is 2.57 bits per heavy atom. The van der Waals surface area contributed by atoms with Crippen LogP contribution in [0.1, 0.15) is 72.6 Å². The third-order valence-electron chi connectivity index (χ3n) is 10.1. The Balaban J connectivity index is 1.23. The van der Waals surface area contributed by atoms with Crippen molar-refractivity contribution < 1.29 is 4.74 Å². The third-order valence-corrected chi connectivity index (χ3v) is 10.1. The normalized spacial score (nSPS) is 19.5. The second kappa shape index (κ2) is 11.7. The van der Waals surface area contributed by atoms with E-state index in [0.717, 1.165) is 81.4 Å². The van der Waals surface area contributed by atoms with Gasteiger partial charge in [0.15, 0.2) is 0 Å². The van der Waals surface area contributed by atoms with E-state index in [2.05, 4.69) is 90.9 Å². The van der Waals surface area contributed by atoms with E-state index < -0.39 is 0 Å². The van der Waals surface area contributed by atoms with E-state index in [1.165, 1.54) is 46.1 Å². The summed E-state index contributed by atoms with van der Waals surface area (Å²) in [6.07, 6.45) is 6.59. The highest BCUT2D eigenvalue weighted by Gasteiger charge is 2.44. The van der Waals surface area contributed by atoms with Gasteiger partial charge in [0.05, 0.1) is 24.5 Å². The van der Waals surface area contributed by atoms with Crippen LogP contribution in [0.2, 0.25) is 0 Å². The van der Waals surface area contributed by atoms with Crippen molar-refractivity contribution in [2.24, 2.45) is 5.41 Å². The molecule has 4 heterocycles. The lowest BCUT2D eigenvalue weighted by atomic mass is 9.95. The number of aromatic nitrogens is 4. The van der Waals surface area contributed by atoms with Crippen LogP contribution in [0.15, 0.2) is 36.4 Å². The van der Waals surface area contributed by atoms with E-state index in [1.807, 2.05) is 0 Å². The molecule has 1 N–H and O–H groups in total. The van der Waals surface area contributed by atoms with Gasteiger partial charge in [-0.3, -0.25) is 0 Å². The molecular weight excluding hydrogens is 546 g/mol. The van der Waals surface area contributed by atoms with Crippen molar-refractivity contribution in [1.82, 2.24) is 24.8 Å². The van der Waals surface area contributed by atoms with Crippen LogP contribution in [0.25, 0.3) is 10.8 Å². The van der Waals surface area contributed by atoms with Crippen LogP contribution in [0.3, 0.4) is 0 Å². The van der Waals surface area contributed by atoms with Gasteiger partial charge in [-0.15, -0.1) is 0 Å². The average molecular weight is 594 g/mol. The largest absolute Gasteiger partial charge is 0.463 e. The Kier molecular flexibility index (Phi) is 7.73. The maximum absolute atomic E-state index is 6.50. The van der Waals surface area contributed by atoms with Gasteiger partial charge in [0.2, 0.25) is 0 Å². The van der Waals surface area contributed by atoms with Gasteiger partial charge in [-0.1, -0.05) is 37.3 Å². The highest BCUT2D eigenvalue weighted by atomic mass is 16.5. The molecule has 2 fully saturated rings. The highest BCUT2D eigenvalue weighted by molar-refractivity contribution is 5.97. The zero-order valence-electron chi connectivity index (χ0n) is 27.1. The standard InChI is InChI=1S/C36H47N7O/c1-6-26-10-7-11-27-12-8-14-31(32(26)27)42-19-15-29-30(21-42)39-35(44-23-36(16-17-36)22-41(4)5)40-34(29)43-18-9-13-28(20-43)33-37-24(2)25(3)38-33/h7-8,10-12,14,28H,6,9,13,15-23H2,1-5H3,(H,37,38). The van der Waals surface area contributed by atoms with Gasteiger partial charge in [0.1, 0.15) is 11.6 Å². The Bertz CT molecular complexity index is 1630. The van der Waals surface area contributed by atoms with E-state index >= 15 is 0 Å². The SMILES string of the molecule is CCc1cccc2cccc(N3CCc4c(nc(OCC5(CN(C)C)CC5)nc4N4CCCC(c5nc(C)c(C)[nH]5)C4)C3)c12. The Hall–Kier alpha value is -3.65. The first kappa shape index (κ1) is 29.1. The summed E-state index contributed by atoms with van der Waals surface area (Å²) in [5, 5.41) is 2.67. The number of nitrogens with zero attached hydrogens (tertiary/aromatic N) is 6. The van der Waals surface area contributed by atoms with Gasteiger partial charge >= 0.3 is 6.01 Å². The summed E-state index contributed by atoms with van der Waals surface area (Å²) < 4.78 is 6.50. The third kappa shape index (κ3) is 5.65. The van der Waals surface area contributed by atoms with Crippen molar-refractivity contribution in [2.75, 3.05) is 56.7 Å². The van der Waals surface area contributed by atoms with Crippen LogP contribution in [0.4, 0.5) is 11.5 Å². The topological polar surface area (TPSA) is 73.4 Å². The van der Waals surface area contributed by atoms with E-state index in [4.69, 9.17) is 19.7 Å². The molecule has 7 rings (SSSR count). The maximum Gasteiger partial charge on any atom is 0.318 e. The van der Waals surface area contributed by atoms with Crippen LogP contribution in [-0.2, 0) is 19.4 Å². The molecule has 2 aliphatic heterocycles. The molecule has 3 aliphatic rings. The number of piperidine rings is 1. The quantitative estimate of drug-likeness (QED) is 0.248. The number of nitrogens with one attached hydrogen (secondary N) is 1. The van der Waals surface area contributed by atoms with E-state index in [-0.39, 0.29) is 5.41 Å². The second-order valence-corrected chi connectivity index (χ2v) is 13.7. The Labute approximate surface area is 261 Å². The van der Waals surface area contributed by atoms with Gasteiger partial charge in [-0.05, 0) is 83.5 Å². The van der Waals surface area contributed by atoms with Crippen molar-refractivity contribution >= 4 is 22.3 Å². The molecule has 0 amide bonds. The monoisotopic (exact) mass is 593 g/mol. The molecular formula is C36H47N7O. The zero-order chi connectivity index (χ0) is 30.4. The summed E-state index contributed by atoms with van der Waals surface area (Å²) >= 11 is 0. The number of hydrogen-bond acceptors (Lipinski definition) is 7. The molecule has 1 atom stereocenters. The van der Waals surface area contributed by atoms with Crippen LogP contribution < -0.4 is 14.5 Å². The molecule has 0 radical (unpaired) electrons. The first-order valence-corrected chi connectivity index (χ1v) is 16.5. The van der Waals surface area contributed by atoms with Crippen molar-refractivity contribution in [3.8, 4) is 6.01 Å². The lowest BCUT2D eigenvalue weighted by Gasteiger charge is -2.37. The molecule has 2 aromatic carbocycles. The fraction of sp³-hybridized carbons (Fsp3) is 0.528. The second-order valence-electron chi connectivity index (χ2n) is 13.7. The van der Waals surface area contributed by atoms with Crippen molar-refractivity contribution in [2.45, 2.75) is 71.8 Å². The van der Waals surface area contributed by atoms with Crippen LogP contribution in [0, 0.1) is 19.3 Å². The fourth-order valence-corrected chi connectivity index (χ4v) is 7.45. The van der Waals surface area contributed by atoms with Gasteiger partial charge < -0.3 is 24.4 Å². The molecule has 4 aromatic rings. The number of aromatic amines is 1. The lowest BCUT2D eigenvalue weighted by Crippen LogP contribution is -2.38. The minimum Gasteiger partial charge on any atom is -0.463 e. The molecule has 1 aliphatic carbocycles. The molecule has 44 heavy (non-hydrogen) atoms. The predicted molar refractivity (Wildman–Crippen MR) is 178 cm³/mol. The Morgan fingerprint density at radius 2 is 1.84 bits per heavy atom. The number of rotatable bonds is 9. The number of aryl methyl sites for hydroxylation is 3. The lowest BCUT2D eigenvalue weighted by molar-refractivity contribution is 0.182. The summed E-state index contributed by atoms with van der Waals surface area (Å²) in [6, 6.07) is 13.9. The van der Waals surface area contributed by atoms with Gasteiger partial charge in [-0.2, -0.15) is 9.97 Å². The Morgan fingerprint density at radius 1 is 1.02 bits per heavy atom. The molecule has 1 saturated carbocycles. The van der Waals surface area contributed by atoms with Gasteiger partial charge in [-0.25, -0.2) is 4.98 Å². The minimum absolute atomic E-state index is 0.222. The van der Waals surface area contributed by atoms with Crippen molar-refractivity contribution in [3.05, 3.63) is 70.4 Å². The van der Waals surface area contributed by atoms with Crippen molar-refractivity contribution in [1.29, 1.82) is 0 Å². The smallest absolute Gasteiger partial charge is 0.318 e. The number of H-pyrrole nitrogens is 1. The molecule has 0 bridgehead atoms. The molecule has 2 aromatic heterocycles. The number of ether oxygens (including phenoxy) is 1. The maximum atomic E-state index is 6.50. The molecule has 0 spiro atoms. The van der Waals surface area contributed by atoms with Gasteiger partial charge in [0.25, 0.3) is 0 Å². The molecule has 1 unspecified atom stereocenters. The van der Waals surface area contributed by atoms with E-state index in [0.29, 0.717) is 18.5 Å². The molecule has 1 saturated heterocycles. The molecule has 8 nitrogen and oxygen atoms in total. The number of fused-ring (bicyclic) bond motifs is 2. The first-order chi connectivity index (χ1) is 21.3.